The molecule has 2 fully saturated rings. The maximum atomic E-state index is 12.6. The minimum absolute atomic E-state index is 0.0000684. The molecule has 21 heavy (non-hydrogen) atoms. The van der Waals surface area contributed by atoms with Crippen LogP contribution in [0.2, 0.25) is 5.02 Å². The molecule has 0 radical (unpaired) electrons. The molecular weight excluding hydrogens is 290 g/mol. The molecule has 1 amide bonds. The zero-order valence-electron chi connectivity index (χ0n) is 11.9. The van der Waals surface area contributed by atoms with Crippen LogP contribution in [0, 0.1) is 0 Å². The molecule has 1 unspecified atom stereocenters. The Balaban J connectivity index is 1.66. The van der Waals surface area contributed by atoms with Gasteiger partial charge < -0.3 is 15.4 Å². The first kappa shape index (κ1) is 14.6. The average molecular weight is 310 g/mol. The van der Waals surface area contributed by atoms with Crippen molar-refractivity contribution < 1.29 is 9.53 Å². The summed E-state index contributed by atoms with van der Waals surface area (Å²) in [5, 5.41) is 0.552. The maximum Gasteiger partial charge on any atom is 0.255 e. The molecular formula is C15H20ClN3O2. The molecule has 1 aromatic carbocycles. The van der Waals surface area contributed by atoms with Crippen LogP contribution in [0.15, 0.2) is 18.2 Å². The number of rotatable bonds is 2. The summed E-state index contributed by atoms with van der Waals surface area (Å²) in [7, 11) is 0. The molecule has 2 heterocycles. The van der Waals surface area contributed by atoms with E-state index < -0.39 is 0 Å². The smallest absolute Gasteiger partial charge is 0.255 e. The van der Waals surface area contributed by atoms with Gasteiger partial charge in [-0.3, -0.25) is 9.69 Å². The van der Waals surface area contributed by atoms with E-state index in [0.717, 1.165) is 45.8 Å². The highest BCUT2D eigenvalue weighted by Crippen LogP contribution is 2.23. The number of halogens is 1. The summed E-state index contributed by atoms with van der Waals surface area (Å²) in [4.78, 5) is 16.9. The predicted molar refractivity (Wildman–Crippen MR) is 82.6 cm³/mol. The number of nitrogens with zero attached hydrogens (tertiary/aromatic N) is 2. The van der Waals surface area contributed by atoms with Crippen LogP contribution in [0.4, 0.5) is 5.69 Å². The molecule has 0 saturated carbocycles. The lowest BCUT2D eigenvalue weighted by atomic mass is 10.1. The molecule has 0 aromatic heterocycles. The van der Waals surface area contributed by atoms with Gasteiger partial charge in [0.2, 0.25) is 0 Å². The lowest BCUT2D eigenvalue weighted by molar-refractivity contribution is 0.0185. The lowest BCUT2D eigenvalue weighted by Crippen LogP contribution is -2.45. The van der Waals surface area contributed by atoms with Crippen LogP contribution in [0.1, 0.15) is 16.8 Å². The number of hydrogen-bond donors (Lipinski definition) is 1. The van der Waals surface area contributed by atoms with Gasteiger partial charge in [0.25, 0.3) is 5.91 Å². The summed E-state index contributed by atoms with van der Waals surface area (Å²) < 4.78 is 5.38. The second-order valence-corrected chi connectivity index (χ2v) is 6.01. The molecule has 2 saturated heterocycles. The molecule has 1 atom stereocenters. The average Bonchev–Trinajstić information content (AvgIpc) is 2.97. The highest BCUT2D eigenvalue weighted by Gasteiger charge is 2.32. The summed E-state index contributed by atoms with van der Waals surface area (Å²) in [6.45, 7) is 5.03. The van der Waals surface area contributed by atoms with Gasteiger partial charge in [-0.05, 0) is 24.6 Å². The van der Waals surface area contributed by atoms with Gasteiger partial charge in [-0.1, -0.05) is 11.6 Å². The molecule has 114 valence electrons. The van der Waals surface area contributed by atoms with Crippen LogP contribution in [0.3, 0.4) is 0 Å². The quantitative estimate of drug-likeness (QED) is 0.841. The largest absolute Gasteiger partial charge is 0.398 e. The molecule has 1 aromatic rings. The summed E-state index contributed by atoms with van der Waals surface area (Å²) in [6, 6.07) is 5.49. The Morgan fingerprint density at radius 2 is 2.05 bits per heavy atom. The number of anilines is 1. The van der Waals surface area contributed by atoms with Crippen LogP contribution < -0.4 is 5.73 Å². The number of nitrogen functional groups attached to an aromatic ring is 1. The summed E-state index contributed by atoms with van der Waals surface area (Å²) in [5.74, 6) is -0.0000684. The van der Waals surface area contributed by atoms with Crippen molar-refractivity contribution in [3.63, 3.8) is 0 Å². The topological polar surface area (TPSA) is 58.8 Å². The predicted octanol–water partition coefficient (Wildman–Crippen LogP) is 1.47. The first-order valence-corrected chi connectivity index (χ1v) is 7.69. The van der Waals surface area contributed by atoms with Crippen LogP contribution in [0.5, 0.6) is 0 Å². The fraction of sp³-hybridized carbons (Fsp3) is 0.533. The van der Waals surface area contributed by atoms with E-state index in [1.165, 1.54) is 0 Å². The molecule has 2 aliphatic heterocycles. The van der Waals surface area contributed by atoms with Crippen molar-refractivity contribution in [2.75, 3.05) is 45.1 Å². The third kappa shape index (κ3) is 3.15. The first-order chi connectivity index (χ1) is 10.1. The van der Waals surface area contributed by atoms with Gasteiger partial charge in [0.05, 0.1) is 18.8 Å². The van der Waals surface area contributed by atoms with Gasteiger partial charge in [0.15, 0.2) is 0 Å². The molecule has 0 bridgehead atoms. The Kier molecular flexibility index (Phi) is 4.33. The van der Waals surface area contributed by atoms with Crippen molar-refractivity contribution in [2.24, 2.45) is 0 Å². The maximum absolute atomic E-state index is 12.6. The van der Waals surface area contributed by atoms with Gasteiger partial charge in [-0.25, -0.2) is 0 Å². The van der Waals surface area contributed by atoms with E-state index in [4.69, 9.17) is 22.1 Å². The van der Waals surface area contributed by atoms with Gasteiger partial charge in [-0.15, -0.1) is 0 Å². The Labute approximate surface area is 129 Å². The zero-order valence-corrected chi connectivity index (χ0v) is 12.7. The van der Waals surface area contributed by atoms with E-state index in [0.29, 0.717) is 22.3 Å². The van der Waals surface area contributed by atoms with Crippen molar-refractivity contribution in [1.29, 1.82) is 0 Å². The van der Waals surface area contributed by atoms with E-state index in [-0.39, 0.29) is 5.91 Å². The number of morpholine rings is 1. The monoisotopic (exact) mass is 309 g/mol. The van der Waals surface area contributed by atoms with Crippen LogP contribution in [0.25, 0.3) is 0 Å². The first-order valence-electron chi connectivity index (χ1n) is 7.31. The molecule has 0 spiro atoms. The van der Waals surface area contributed by atoms with Gasteiger partial charge in [-0.2, -0.15) is 0 Å². The van der Waals surface area contributed by atoms with E-state index in [9.17, 15) is 4.79 Å². The molecule has 6 heteroatoms. The number of carbonyl (C=O) groups excluding carboxylic acids is 1. The molecule has 2 aliphatic rings. The highest BCUT2D eigenvalue weighted by atomic mass is 35.5. The number of nitrogens with two attached hydrogens (primary N) is 1. The van der Waals surface area contributed by atoms with Crippen LogP contribution in [-0.2, 0) is 4.74 Å². The molecule has 5 nitrogen and oxygen atoms in total. The number of amides is 1. The second-order valence-electron chi connectivity index (χ2n) is 5.57. The minimum atomic E-state index is -0.0000684. The molecule has 2 N–H and O–H groups in total. The second kappa shape index (κ2) is 6.22. The van der Waals surface area contributed by atoms with Crippen molar-refractivity contribution in [1.82, 2.24) is 9.80 Å². The van der Waals surface area contributed by atoms with Gasteiger partial charge in [0.1, 0.15) is 0 Å². The number of carbonyl (C=O) groups is 1. The fourth-order valence-electron chi connectivity index (χ4n) is 3.07. The normalized spacial score (nSPS) is 23.5. The van der Waals surface area contributed by atoms with Crippen molar-refractivity contribution in [2.45, 2.75) is 12.5 Å². The molecule has 3 rings (SSSR count). The van der Waals surface area contributed by atoms with Crippen molar-refractivity contribution in [3.8, 4) is 0 Å². The lowest BCUT2D eigenvalue weighted by Gasteiger charge is -2.32. The van der Waals surface area contributed by atoms with E-state index >= 15 is 0 Å². The standard InChI is InChI=1S/C15H20ClN3O2/c16-11-1-2-13(14(17)9-11)15(20)19-4-3-12(10-19)18-5-7-21-8-6-18/h1-2,9,12H,3-8,10,17H2. The van der Waals surface area contributed by atoms with Gasteiger partial charge >= 0.3 is 0 Å². The van der Waals surface area contributed by atoms with Crippen LogP contribution >= 0.6 is 11.6 Å². The summed E-state index contributed by atoms with van der Waals surface area (Å²) in [5.41, 5.74) is 6.90. The SMILES string of the molecule is Nc1cc(Cl)ccc1C(=O)N1CCC(N2CCOCC2)C1. The summed E-state index contributed by atoms with van der Waals surface area (Å²) in [6.07, 6.45) is 1.01. The fourth-order valence-corrected chi connectivity index (χ4v) is 3.25. The van der Waals surface area contributed by atoms with Gasteiger partial charge in [0, 0.05) is 42.9 Å². The van der Waals surface area contributed by atoms with Crippen molar-refractivity contribution in [3.05, 3.63) is 28.8 Å². The van der Waals surface area contributed by atoms with E-state index in [1.54, 1.807) is 18.2 Å². The Bertz CT molecular complexity index is 532. The highest BCUT2D eigenvalue weighted by molar-refractivity contribution is 6.31. The van der Waals surface area contributed by atoms with Crippen molar-refractivity contribution >= 4 is 23.2 Å². The third-order valence-corrected chi connectivity index (χ3v) is 4.49. The minimum Gasteiger partial charge on any atom is -0.398 e. The number of ether oxygens (including phenoxy) is 1. The van der Waals surface area contributed by atoms with E-state index in [2.05, 4.69) is 4.90 Å². The number of benzene rings is 1. The van der Waals surface area contributed by atoms with Crippen LogP contribution in [-0.4, -0.2) is 61.1 Å². The molecule has 0 aliphatic carbocycles. The Morgan fingerprint density at radius 3 is 2.76 bits per heavy atom. The zero-order chi connectivity index (χ0) is 14.8. The Morgan fingerprint density at radius 1 is 1.29 bits per heavy atom. The third-order valence-electron chi connectivity index (χ3n) is 4.26. The van der Waals surface area contributed by atoms with E-state index in [1.807, 2.05) is 4.90 Å². The summed E-state index contributed by atoms with van der Waals surface area (Å²) >= 11 is 5.88. The number of likely N-dealkylation sites (tertiary alicyclic amines) is 1. The number of hydrogen-bond acceptors (Lipinski definition) is 4. The Hall–Kier alpha value is -1.30.